The molecule has 11 heavy (non-hydrogen) atoms. The van der Waals surface area contributed by atoms with Crippen molar-refractivity contribution in [3.63, 3.8) is 0 Å². The summed E-state index contributed by atoms with van der Waals surface area (Å²) >= 11 is 0. The van der Waals surface area contributed by atoms with Crippen molar-refractivity contribution < 1.29 is 20.4 Å². The highest BCUT2D eigenvalue weighted by atomic mass is 16.4. The van der Waals surface area contributed by atoms with Crippen molar-refractivity contribution in [3.8, 4) is 0 Å². The predicted octanol–water partition coefficient (Wildman–Crippen LogP) is -2.84. The van der Waals surface area contributed by atoms with Gasteiger partial charge in [0.25, 0.3) is 0 Å². The van der Waals surface area contributed by atoms with Gasteiger partial charge in [0.1, 0.15) is 12.2 Å². The van der Waals surface area contributed by atoms with Gasteiger partial charge in [0.15, 0.2) is 0 Å². The molecule has 5 nitrogen and oxygen atoms in total. The van der Waals surface area contributed by atoms with Crippen LogP contribution in [0, 0.1) is 0 Å². The summed E-state index contributed by atoms with van der Waals surface area (Å²) in [5.41, 5.74) is 5.34. The molecule has 0 amide bonds. The summed E-state index contributed by atoms with van der Waals surface area (Å²) in [5, 5.41) is 36.2. The van der Waals surface area contributed by atoms with Crippen molar-refractivity contribution in [1.29, 1.82) is 0 Å². The molecule has 0 bridgehead atoms. The van der Waals surface area contributed by atoms with Crippen LogP contribution in [0.3, 0.4) is 0 Å². The molecule has 0 spiro atoms. The maximum atomic E-state index is 9.09. The molecule has 66 valence electrons. The maximum absolute atomic E-state index is 9.09. The number of aliphatic hydroxyl groups is 4. The van der Waals surface area contributed by atoms with Gasteiger partial charge in [-0.15, -0.1) is 0 Å². The molecule has 0 radical (unpaired) electrons. The van der Waals surface area contributed by atoms with E-state index in [0.717, 1.165) is 0 Å². The zero-order valence-corrected chi connectivity index (χ0v) is 5.96. The van der Waals surface area contributed by atoms with E-state index in [2.05, 4.69) is 0 Å². The normalized spacial score (nSPS) is 52.6. The minimum atomic E-state index is -1.34. The first kappa shape index (κ1) is 8.89. The molecular formula is C6H13NO4. The quantitative estimate of drug-likeness (QED) is 0.264. The van der Waals surface area contributed by atoms with Gasteiger partial charge >= 0.3 is 0 Å². The monoisotopic (exact) mass is 163 g/mol. The Bertz CT molecular complexity index is 129. The Labute approximate surface area is 64.1 Å². The van der Waals surface area contributed by atoms with E-state index in [9.17, 15) is 0 Å². The van der Waals surface area contributed by atoms with Crippen LogP contribution in [0.2, 0.25) is 0 Å². The van der Waals surface area contributed by atoms with Crippen LogP contribution in [0.4, 0.5) is 0 Å². The molecule has 6 N–H and O–H groups in total. The van der Waals surface area contributed by atoms with Crippen LogP contribution >= 0.6 is 0 Å². The largest absolute Gasteiger partial charge is 0.390 e. The molecule has 5 atom stereocenters. The summed E-state index contributed by atoms with van der Waals surface area (Å²) in [4.78, 5) is 0. The Morgan fingerprint density at radius 2 is 1.45 bits per heavy atom. The minimum Gasteiger partial charge on any atom is -0.390 e. The van der Waals surface area contributed by atoms with Crippen LogP contribution in [0.5, 0.6) is 0 Å². The average molecular weight is 163 g/mol. The van der Waals surface area contributed by atoms with Gasteiger partial charge in [-0.05, 0) is 6.42 Å². The number of hydrogen-bond donors (Lipinski definition) is 5. The van der Waals surface area contributed by atoms with Gasteiger partial charge in [-0.3, -0.25) is 0 Å². The molecular weight excluding hydrogens is 150 g/mol. The zero-order valence-electron chi connectivity index (χ0n) is 5.96. The second-order valence-electron chi connectivity index (χ2n) is 2.94. The molecule has 0 aromatic carbocycles. The SMILES string of the molecule is N[C@H]1C[C@@H](O)[C@H](O)[C@@H](O)[C@@H]1O. The number of rotatable bonds is 0. The van der Waals surface area contributed by atoms with Gasteiger partial charge < -0.3 is 26.2 Å². The Kier molecular flexibility index (Phi) is 2.46. The van der Waals surface area contributed by atoms with Crippen LogP contribution in [0.25, 0.3) is 0 Å². The molecule has 0 aromatic rings. The van der Waals surface area contributed by atoms with Crippen molar-refractivity contribution in [3.05, 3.63) is 0 Å². The van der Waals surface area contributed by atoms with Gasteiger partial charge in [-0.25, -0.2) is 0 Å². The van der Waals surface area contributed by atoms with Crippen LogP contribution in [-0.4, -0.2) is 50.9 Å². The fourth-order valence-electron chi connectivity index (χ4n) is 1.24. The lowest BCUT2D eigenvalue weighted by Gasteiger charge is -2.36. The Hall–Kier alpha value is -0.200. The molecule has 0 aromatic heterocycles. The summed E-state index contributed by atoms with van der Waals surface area (Å²) in [6, 6.07) is -0.664. The Morgan fingerprint density at radius 1 is 0.909 bits per heavy atom. The smallest absolute Gasteiger partial charge is 0.110 e. The van der Waals surface area contributed by atoms with Gasteiger partial charge in [-0.1, -0.05) is 0 Å². The van der Waals surface area contributed by atoms with Crippen LogP contribution in [0.15, 0.2) is 0 Å². The number of aliphatic hydroxyl groups excluding tert-OH is 4. The highest BCUT2D eigenvalue weighted by Gasteiger charge is 2.40. The molecule has 0 saturated heterocycles. The lowest BCUT2D eigenvalue weighted by molar-refractivity contribution is -0.141. The van der Waals surface area contributed by atoms with Crippen molar-refractivity contribution in [2.24, 2.45) is 5.73 Å². The minimum absolute atomic E-state index is 0.111. The molecule has 0 aliphatic heterocycles. The Balaban J connectivity index is 2.63. The van der Waals surface area contributed by atoms with E-state index in [1.54, 1.807) is 0 Å². The fourth-order valence-corrected chi connectivity index (χ4v) is 1.24. The number of nitrogens with two attached hydrogens (primary N) is 1. The fraction of sp³-hybridized carbons (Fsp3) is 1.00. The molecule has 0 unspecified atom stereocenters. The summed E-state index contributed by atoms with van der Waals surface area (Å²) < 4.78 is 0. The topological polar surface area (TPSA) is 107 Å². The van der Waals surface area contributed by atoms with Gasteiger partial charge in [0.05, 0.1) is 12.2 Å². The summed E-state index contributed by atoms with van der Waals surface area (Å²) in [6.45, 7) is 0. The van der Waals surface area contributed by atoms with E-state index in [1.807, 2.05) is 0 Å². The Morgan fingerprint density at radius 3 is 2.00 bits per heavy atom. The molecule has 1 aliphatic carbocycles. The van der Waals surface area contributed by atoms with Crippen molar-refractivity contribution in [2.45, 2.75) is 36.9 Å². The van der Waals surface area contributed by atoms with Crippen LogP contribution < -0.4 is 5.73 Å². The van der Waals surface area contributed by atoms with E-state index >= 15 is 0 Å². The molecule has 1 rings (SSSR count). The first-order valence-electron chi connectivity index (χ1n) is 3.52. The second kappa shape index (κ2) is 3.04. The van der Waals surface area contributed by atoms with Crippen molar-refractivity contribution in [1.82, 2.24) is 0 Å². The van der Waals surface area contributed by atoms with Crippen LogP contribution in [0.1, 0.15) is 6.42 Å². The molecule has 1 fully saturated rings. The van der Waals surface area contributed by atoms with E-state index < -0.39 is 30.5 Å². The van der Waals surface area contributed by atoms with E-state index in [4.69, 9.17) is 26.2 Å². The summed E-state index contributed by atoms with van der Waals surface area (Å²) in [6.07, 6.45) is -4.70. The molecule has 0 heterocycles. The van der Waals surface area contributed by atoms with Gasteiger partial charge in [-0.2, -0.15) is 0 Å². The number of hydrogen-bond acceptors (Lipinski definition) is 5. The second-order valence-corrected chi connectivity index (χ2v) is 2.94. The average Bonchev–Trinajstić information content (AvgIpc) is 1.97. The molecule has 5 heteroatoms. The van der Waals surface area contributed by atoms with Gasteiger partial charge in [0, 0.05) is 6.04 Å². The third-order valence-electron chi connectivity index (χ3n) is 2.05. The lowest BCUT2D eigenvalue weighted by atomic mass is 9.86. The van der Waals surface area contributed by atoms with Crippen molar-refractivity contribution >= 4 is 0 Å². The lowest BCUT2D eigenvalue weighted by Crippen LogP contribution is -2.58. The predicted molar refractivity (Wildman–Crippen MR) is 36.6 cm³/mol. The van der Waals surface area contributed by atoms with Crippen molar-refractivity contribution in [2.75, 3.05) is 0 Å². The zero-order chi connectivity index (χ0) is 8.59. The van der Waals surface area contributed by atoms with E-state index in [0.29, 0.717) is 0 Å². The highest BCUT2D eigenvalue weighted by Crippen LogP contribution is 2.18. The standard InChI is InChI=1S/C6H13NO4/c7-2-1-3(8)5(10)6(11)4(2)9/h2-6,8-11H,1,7H2/t2-,3+,4+,5-,6-/m0/s1. The van der Waals surface area contributed by atoms with Crippen LogP contribution in [-0.2, 0) is 0 Å². The first-order valence-corrected chi connectivity index (χ1v) is 3.52. The van der Waals surface area contributed by atoms with Gasteiger partial charge in [0.2, 0.25) is 0 Å². The third-order valence-corrected chi connectivity index (χ3v) is 2.05. The third kappa shape index (κ3) is 1.52. The molecule has 1 aliphatic rings. The molecule has 1 saturated carbocycles. The summed E-state index contributed by atoms with van der Waals surface area (Å²) in [5.74, 6) is 0. The van der Waals surface area contributed by atoms with E-state index in [-0.39, 0.29) is 6.42 Å². The van der Waals surface area contributed by atoms with E-state index in [1.165, 1.54) is 0 Å². The highest BCUT2D eigenvalue weighted by molar-refractivity contribution is 4.94. The summed E-state index contributed by atoms with van der Waals surface area (Å²) in [7, 11) is 0. The maximum Gasteiger partial charge on any atom is 0.110 e. The first-order chi connectivity index (χ1) is 5.04.